The Morgan fingerprint density at radius 3 is 2.82 bits per heavy atom. The third kappa shape index (κ3) is 1.70. The standard InChI is InChI=1S/C21H26O/c1-4-14-6-8-18-17-7-5-15-13-16(22)9-11-21(15,3)19(17)10-12-20(14,18)2/h1,10,13-14,17-18H,5-9,11-12H2,2-3H3/t14-,17-,18-,20+,21-/m0/s1. The maximum absolute atomic E-state index is 11.8. The van der Waals surface area contributed by atoms with Crippen molar-refractivity contribution >= 4 is 5.78 Å². The Balaban J connectivity index is 1.76. The van der Waals surface area contributed by atoms with Gasteiger partial charge in [0.25, 0.3) is 0 Å². The lowest BCUT2D eigenvalue weighted by Crippen LogP contribution is -2.44. The number of allylic oxidation sites excluding steroid dienone is 4. The van der Waals surface area contributed by atoms with E-state index in [1.807, 2.05) is 6.08 Å². The van der Waals surface area contributed by atoms with E-state index in [0.29, 0.717) is 23.0 Å². The second-order valence-electron chi connectivity index (χ2n) is 8.39. The van der Waals surface area contributed by atoms with Crippen LogP contribution in [0.2, 0.25) is 0 Å². The van der Waals surface area contributed by atoms with Crippen LogP contribution in [0.25, 0.3) is 0 Å². The molecule has 0 aromatic rings. The van der Waals surface area contributed by atoms with Crippen molar-refractivity contribution in [1.29, 1.82) is 0 Å². The number of rotatable bonds is 0. The van der Waals surface area contributed by atoms with E-state index in [1.54, 1.807) is 5.57 Å². The molecule has 4 aliphatic rings. The van der Waals surface area contributed by atoms with Gasteiger partial charge in [-0.1, -0.05) is 31.1 Å². The zero-order chi connectivity index (χ0) is 15.5. The summed E-state index contributed by atoms with van der Waals surface area (Å²) in [5.41, 5.74) is 3.52. The molecular formula is C21H26O. The molecule has 0 spiro atoms. The lowest BCUT2D eigenvalue weighted by Gasteiger charge is -2.53. The van der Waals surface area contributed by atoms with Crippen molar-refractivity contribution in [3.8, 4) is 12.3 Å². The number of ketones is 1. The monoisotopic (exact) mass is 294 g/mol. The predicted molar refractivity (Wildman–Crippen MR) is 89.0 cm³/mol. The third-order valence-corrected chi connectivity index (χ3v) is 7.53. The number of carbonyl (C=O) groups excluding carboxylic acids is 1. The quantitative estimate of drug-likeness (QED) is 0.468. The Hall–Kier alpha value is -1.29. The second-order valence-corrected chi connectivity index (χ2v) is 8.39. The van der Waals surface area contributed by atoms with E-state index in [2.05, 4.69) is 25.8 Å². The zero-order valence-electron chi connectivity index (χ0n) is 13.8. The van der Waals surface area contributed by atoms with Gasteiger partial charge in [-0.2, -0.15) is 0 Å². The highest BCUT2D eigenvalue weighted by Gasteiger charge is 2.55. The summed E-state index contributed by atoms with van der Waals surface area (Å²) in [4.78, 5) is 11.8. The Labute approximate surface area is 134 Å². The van der Waals surface area contributed by atoms with Crippen molar-refractivity contribution < 1.29 is 4.79 Å². The van der Waals surface area contributed by atoms with Gasteiger partial charge in [-0.3, -0.25) is 4.79 Å². The van der Waals surface area contributed by atoms with E-state index in [4.69, 9.17) is 6.42 Å². The molecule has 116 valence electrons. The Morgan fingerprint density at radius 1 is 1.23 bits per heavy atom. The smallest absolute Gasteiger partial charge is 0.155 e. The molecule has 0 aliphatic heterocycles. The van der Waals surface area contributed by atoms with Crippen LogP contribution in [-0.2, 0) is 4.79 Å². The van der Waals surface area contributed by atoms with Gasteiger partial charge in [0.1, 0.15) is 0 Å². The zero-order valence-corrected chi connectivity index (χ0v) is 13.8. The SMILES string of the molecule is C#C[C@H]1CC[C@H]2[C@@H]3CCC4=CC(=O)CC[C@]4(C)C3=CC[C@]12C. The average molecular weight is 294 g/mol. The summed E-state index contributed by atoms with van der Waals surface area (Å²) in [6.07, 6.45) is 18.0. The molecule has 1 nitrogen and oxygen atoms in total. The maximum Gasteiger partial charge on any atom is 0.155 e. The van der Waals surface area contributed by atoms with Crippen molar-refractivity contribution in [2.75, 3.05) is 0 Å². The molecule has 4 aliphatic carbocycles. The van der Waals surface area contributed by atoms with Crippen molar-refractivity contribution in [1.82, 2.24) is 0 Å². The molecule has 0 radical (unpaired) electrons. The summed E-state index contributed by atoms with van der Waals surface area (Å²) in [6, 6.07) is 0. The molecule has 1 heteroatoms. The highest BCUT2D eigenvalue weighted by atomic mass is 16.1. The number of hydrogen-bond acceptors (Lipinski definition) is 1. The van der Waals surface area contributed by atoms with Crippen LogP contribution in [0.1, 0.15) is 58.8 Å². The first-order valence-corrected chi connectivity index (χ1v) is 8.89. The fraction of sp³-hybridized carbons (Fsp3) is 0.667. The van der Waals surface area contributed by atoms with E-state index in [9.17, 15) is 4.79 Å². The van der Waals surface area contributed by atoms with Gasteiger partial charge >= 0.3 is 0 Å². The molecule has 4 rings (SSSR count). The molecule has 2 saturated carbocycles. The van der Waals surface area contributed by atoms with Crippen LogP contribution in [0, 0.1) is 40.9 Å². The molecule has 0 amide bonds. The van der Waals surface area contributed by atoms with Crippen LogP contribution in [0.5, 0.6) is 0 Å². The van der Waals surface area contributed by atoms with Crippen LogP contribution in [0.4, 0.5) is 0 Å². The van der Waals surface area contributed by atoms with Gasteiger partial charge in [-0.05, 0) is 61.9 Å². The maximum atomic E-state index is 11.8. The van der Waals surface area contributed by atoms with E-state index in [1.165, 1.54) is 24.8 Å². The van der Waals surface area contributed by atoms with Crippen molar-refractivity contribution in [3.63, 3.8) is 0 Å². The predicted octanol–water partition coefficient (Wildman–Crippen LogP) is 4.69. The number of terminal acetylenes is 1. The lowest BCUT2D eigenvalue weighted by molar-refractivity contribution is -0.115. The van der Waals surface area contributed by atoms with Gasteiger partial charge < -0.3 is 0 Å². The third-order valence-electron chi connectivity index (χ3n) is 7.53. The van der Waals surface area contributed by atoms with Crippen molar-refractivity contribution in [2.24, 2.45) is 28.6 Å². The second kappa shape index (κ2) is 4.60. The number of carbonyl (C=O) groups is 1. The summed E-state index contributed by atoms with van der Waals surface area (Å²) in [6.45, 7) is 4.82. The van der Waals surface area contributed by atoms with Crippen LogP contribution < -0.4 is 0 Å². The molecule has 2 fully saturated rings. The first-order chi connectivity index (χ1) is 10.5. The molecule has 0 N–H and O–H groups in total. The Morgan fingerprint density at radius 2 is 2.05 bits per heavy atom. The number of fused-ring (bicyclic) bond motifs is 5. The topological polar surface area (TPSA) is 17.1 Å². The minimum absolute atomic E-state index is 0.159. The molecule has 0 unspecified atom stereocenters. The molecule has 0 heterocycles. The minimum Gasteiger partial charge on any atom is -0.295 e. The molecule has 0 aromatic carbocycles. The lowest BCUT2D eigenvalue weighted by atomic mass is 9.51. The van der Waals surface area contributed by atoms with Gasteiger partial charge in [0.15, 0.2) is 5.78 Å². The summed E-state index contributed by atoms with van der Waals surface area (Å²) in [5, 5.41) is 0. The normalized spacial score (nSPS) is 46.8. The van der Waals surface area contributed by atoms with Gasteiger partial charge in [0.2, 0.25) is 0 Å². The molecule has 0 saturated heterocycles. The van der Waals surface area contributed by atoms with Gasteiger partial charge in [-0.15, -0.1) is 12.3 Å². The highest BCUT2D eigenvalue weighted by molar-refractivity contribution is 5.92. The van der Waals surface area contributed by atoms with Gasteiger partial charge in [0, 0.05) is 17.8 Å². The van der Waals surface area contributed by atoms with Crippen molar-refractivity contribution in [3.05, 3.63) is 23.3 Å². The van der Waals surface area contributed by atoms with Crippen LogP contribution in [-0.4, -0.2) is 5.78 Å². The fourth-order valence-corrected chi connectivity index (χ4v) is 6.13. The molecular weight excluding hydrogens is 268 g/mol. The van der Waals surface area contributed by atoms with Gasteiger partial charge in [-0.25, -0.2) is 0 Å². The first-order valence-electron chi connectivity index (χ1n) is 8.89. The van der Waals surface area contributed by atoms with Crippen molar-refractivity contribution in [2.45, 2.75) is 58.8 Å². The van der Waals surface area contributed by atoms with E-state index >= 15 is 0 Å². The van der Waals surface area contributed by atoms with E-state index in [0.717, 1.165) is 31.6 Å². The molecule has 22 heavy (non-hydrogen) atoms. The minimum atomic E-state index is 0.159. The van der Waals surface area contributed by atoms with E-state index < -0.39 is 0 Å². The highest BCUT2D eigenvalue weighted by Crippen LogP contribution is 2.64. The summed E-state index contributed by atoms with van der Waals surface area (Å²) < 4.78 is 0. The van der Waals surface area contributed by atoms with E-state index in [-0.39, 0.29) is 5.41 Å². The fourth-order valence-electron chi connectivity index (χ4n) is 6.13. The first kappa shape index (κ1) is 14.3. The average Bonchev–Trinajstić information content (AvgIpc) is 2.84. The molecule has 0 aromatic heterocycles. The Kier molecular flexibility index (Phi) is 3.00. The van der Waals surface area contributed by atoms with Crippen LogP contribution >= 0.6 is 0 Å². The number of hydrogen-bond donors (Lipinski definition) is 0. The van der Waals surface area contributed by atoms with Crippen LogP contribution in [0.3, 0.4) is 0 Å². The Bertz CT molecular complexity index is 631. The summed E-state index contributed by atoms with van der Waals surface area (Å²) >= 11 is 0. The molecule has 0 bridgehead atoms. The van der Waals surface area contributed by atoms with Crippen LogP contribution in [0.15, 0.2) is 23.3 Å². The largest absolute Gasteiger partial charge is 0.295 e. The van der Waals surface area contributed by atoms with Gasteiger partial charge in [0.05, 0.1) is 0 Å². The summed E-state index contributed by atoms with van der Waals surface area (Å²) in [7, 11) is 0. The molecule has 5 atom stereocenters. The summed E-state index contributed by atoms with van der Waals surface area (Å²) in [5.74, 6) is 5.33.